The molecule has 3 rings (SSSR count). The van der Waals surface area contributed by atoms with Gasteiger partial charge in [0.05, 0.1) is 6.20 Å². The molecule has 1 fully saturated rings. The van der Waals surface area contributed by atoms with Crippen LogP contribution >= 0.6 is 0 Å². The summed E-state index contributed by atoms with van der Waals surface area (Å²) in [6.07, 6.45) is 6.80. The van der Waals surface area contributed by atoms with Crippen LogP contribution in [0.1, 0.15) is 78.2 Å². The average molecular weight is 426 g/mol. The molecule has 2 heterocycles. The fourth-order valence-corrected chi connectivity index (χ4v) is 4.96. The number of benzene rings is 1. The molecule has 0 saturated carbocycles. The zero-order chi connectivity index (χ0) is 22.6. The molecule has 31 heavy (non-hydrogen) atoms. The lowest BCUT2D eigenvalue weighted by Crippen LogP contribution is -2.62. The second-order valence-corrected chi connectivity index (χ2v) is 10.4. The van der Waals surface area contributed by atoms with Crippen LogP contribution in [0, 0.1) is 6.92 Å². The summed E-state index contributed by atoms with van der Waals surface area (Å²) in [6.45, 7) is 14.0. The van der Waals surface area contributed by atoms with Crippen molar-refractivity contribution in [2.45, 2.75) is 97.2 Å². The Balaban J connectivity index is 1.66. The average Bonchev–Trinajstić information content (AvgIpc) is 3.14. The largest absolute Gasteiger partial charge is 0.441 e. The lowest BCUT2D eigenvalue weighted by molar-refractivity contribution is -0.135. The molecule has 1 aromatic carbocycles. The number of carbonyl (C=O) groups excluding carboxylic acids is 1. The van der Waals surface area contributed by atoms with Crippen molar-refractivity contribution in [3.63, 3.8) is 0 Å². The van der Waals surface area contributed by atoms with Crippen LogP contribution < -0.4 is 5.32 Å². The Labute approximate surface area is 187 Å². The maximum Gasteiger partial charge on any atom is 0.223 e. The first-order chi connectivity index (χ1) is 14.6. The zero-order valence-electron chi connectivity index (χ0n) is 20.1. The summed E-state index contributed by atoms with van der Waals surface area (Å²) in [5, 5.41) is 3.73. The van der Waals surface area contributed by atoms with Gasteiger partial charge in [-0.05, 0) is 53.9 Å². The van der Waals surface area contributed by atoms with Crippen molar-refractivity contribution in [2.75, 3.05) is 6.54 Å². The number of aryl methyl sites for hydroxylation is 2. The van der Waals surface area contributed by atoms with E-state index >= 15 is 0 Å². The Morgan fingerprint density at radius 1 is 1.16 bits per heavy atom. The van der Waals surface area contributed by atoms with Crippen LogP contribution in [0.3, 0.4) is 0 Å². The zero-order valence-corrected chi connectivity index (χ0v) is 20.1. The SMILES string of the molecule is CCCCN(C(=O)CCc1ncc(-c2ccc(C)cc2)o1)C1CC(C)(C)NC(C)(C)C1. The number of nitrogens with one attached hydrogen (secondary N) is 1. The third-order valence-corrected chi connectivity index (χ3v) is 6.12. The normalized spacial score (nSPS) is 18.1. The van der Waals surface area contributed by atoms with Gasteiger partial charge in [-0.2, -0.15) is 0 Å². The first-order valence-corrected chi connectivity index (χ1v) is 11.7. The van der Waals surface area contributed by atoms with E-state index in [2.05, 4.69) is 68.9 Å². The van der Waals surface area contributed by atoms with Gasteiger partial charge in [-0.25, -0.2) is 4.98 Å². The molecule has 2 aromatic rings. The van der Waals surface area contributed by atoms with Gasteiger partial charge in [0, 0.05) is 42.1 Å². The summed E-state index contributed by atoms with van der Waals surface area (Å²) >= 11 is 0. The fraction of sp³-hybridized carbons (Fsp3) is 0.615. The molecular formula is C26H39N3O2. The minimum Gasteiger partial charge on any atom is -0.441 e. The highest BCUT2D eigenvalue weighted by atomic mass is 16.4. The van der Waals surface area contributed by atoms with Crippen molar-refractivity contribution in [3.8, 4) is 11.3 Å². The van der Waals surface area contributed by atoms with E-state index in [0.29, 0.717) is 18.7 Å². The number of nitrogens with zero attached hydrogens (tertiary/aromatic N) is 2. The summed E-state index contributed by atoms with van der Waals surface area (Å²) in [4.78, 5) is 19.9. The third kappa shape index (κ3) is 6.42. The van der Waals surface area contributed by atoms with Crippen molar-refractivity contribution in [1.82, 2.24) is 15.2 Å². The molecule has 0 spiro atoms. The number of hydrogen-bond donors (Lipinski definition) is 1. The van der Waals surface area contributed by atoms with Crippen molar-refractivity contribution >= 4 is 5.91 Å². The molecule has 0 radical (unpaired) electrons. The maximum absolute atomic E-state index is 13.3. The summed E-state index contributed by atoms with van der Waals surface area (Å²) in [7, 11) is 0. The molecule has 0 atom stereocenters. The molecule has 1 N–H and O–H groups in total. The van der Waals surface area contributed by atoms with Gasteiger partial charge in [0.1, 0.15) is 0 Å². The molecule has 0 unspecified atom stereocenters. The molecule has 1 amide bonds. The summed E-state index contributed by atoms with van der Waals surface area (Å²) < 4.78 is 5.94. The number of rotatable bonds is 8. The van der Waals surface area contributed by atoms with Crippen molar-refractivity contribution < 1.29 is 9.21 Å². The number of oxazole rings is 1. The lowest BCUT2D eigenvalue weighted by Gasteiger charge is -2.49. The van der Waals surface area contributed by atoms with E-state index in [0.717, 1.165) is 43.6 Å². The number of piperidine rings is 1. The quantitative estimate of drug-likeness (QED) is 0.605. The van der Waals surface area contributed by atoms with E-state index in [1.165, 1.54) is 5.56 Å². The van der Waals surface area contributed by atoms with Crippen LogP contribution in [0.4, 0.5) is 0 Å². The first-order valence-electron chi connectivity index (χ1n) is 11.7. The molecule has 1 aliphatic heterocycles. The predicted molar refractivity (Wildman–Crippen MR) is 126 cm³/mol. The highest BCUT2D eigenvalue weighted by Gasteiger charge is 2.40. The van der Waals surface area contributed by atoms with E-state index in [4.69, 9.17) is 4.42 Å². The van der Waals surface area contributed by atoms with Gasteiger partial charge in [-0.1, -0.05) is 43.2 Å². The lowest BCUT2D eigenvalue weighted by atomic mass is 9.79. The highest BCUT2D eigenvalue weighted by Crippen LogP contribution is 2.32. The van der Waals surface area contributed by atoms with Crippen LogP contribution in [0.15, 0.2) is 34.9 Å². The molecule has 1 saturated heterocycles. The van der Waals surface area contributed by atoms with Gasteiger partial charge in [-0.3, -0.25) is 4.79 Å². The first kappa shape index (κ1) is 23.5. The second kappa shape index (κ2) is 9.56. The molecular weight excluding hydrogens is 386 g/mol. The minimum atomic E-state index is 0.0165. The third-order valence-electron chi connectivity index (χ3n) is 6.12. The number of carbonyl (C=O) groups is 1. The van der Waals surface area contributed by atoms with Gasteiger partial charge >= 0.3 is 0 Å². The Kier molecular flexibility index (Phi) is 7.25. The van der Waals surface area contributed by atoms with Crippen molar-refractivity contribution in [2.24, 2.45) is 0 Å². The predicted octanol–water partition coefficient (Wildman–Crippen LogP) is 5.52. The number of hydrogen-bond acceptors (Lipinski definition) is 4. The standard InChI is InChI=1S/C26H39N3O2/c1-7-8-15-29(21-16-25(3,4)28-26(5,6)17-21)24(30)14-13-23-27-18-22(31-23)20-11-9-19(2)10-12-20/h9-12,18,21,28H,7-8,13-17H2,1-6H3. The van der Waals surface area contributed by atoms with E-state index in [1.54, 1.807) is 6.20 Å². The number of amides is 1. The molecule has 5 nitrogen and oxygen atoms in total. The number of aromatic nitrogens is 1. The van der Waals surface area contributed by atoms with Crippen LogP contribution in [0.25, 0.3) is 11.3 Å². The smallest absolute Gasteiger partial charge is 0.223 e. The Hall–Kier alpha value is -2.14. The summed E-state index contributed by atoms with van der Waals surface area (Å²) in [5.41, 5.74) is 2.26. The fourth-order valence-electron chi connectivity index (χ4n) is 4.96. The second-order valence-electron chi connectivity index (χ2n) is 10.4. The van der Waals surface area contributed by atoms with Crippen molar-refractivity contribution in [3.05, 3.63) is 41.9 Å². The van der Waals surface area contributed by atoms with Crippen molar-refractivity contribution in [1.29, 1.82) is 0 Å². The van der Waals surface area contributed by atoms with E-state index < -0.39 is 0 Å². The molecule has 0 aliphatic carbocycles. The van der Waals surface area contributed by atoms with Gasteiger partial charge in [0.25, 0.3) is 0 Å². The Morgan fingerprint density at radius 3 is 2.42 bits per heavy atom. The molecule has 0 bridgehead atoms. The molecule has 1 aromatic heterocycles. The minimum absolute atomic E-state index is 0.0165. The molecule has 170 valence electrons. The van der Waals surface area contributed by atoms with Gasteiger partial charge in [-0.15, -0.1) is 0 Å². The highest BCUT2D eigenvalue weighted by molar-refractivity contribution is 5.76. The van der Waals surface area contributed by atoms with Crippen LogP contribution in [0.2, 0.25) is 0 Å². The van der Waals surface area contributed by atoms with Crippen LogP contribution in [-0.4, -0.2) is 39.5 Å². The summed E-state index contributed by atoms with van der Waals surface area (Å²) in [6, 6.07) is 8.47. The van der Waals surface area contributed by atoms with Gasteiger partial charge < -0.3 is 14.6 Å². The van der Waals surface area contributed by atoms with Gasteiger partial charge in [0.15, 0.2) is 11.7 Å². The van der Waals surface area contributed by atoms with Gasteiger partial charge in [0.2, 0.25) is 5.91 Å². The van der Waals surface area contributed by atoms with E-state index in [1.807, 2.05) is 12.1 Å². The topological polar surface area (TPSA) is 58.4 Å². The summed E-state index contributed by atoms with van der Waals surface area (Å²) in [5.74, 6) is 1.60. The maximum atomic E-state index is 13.3. The van der Waals surface area contributed by atoms with E-state index in [9.17, 15) is 4.79 Å². The Morgan fingerprint density at radius 2 is 1.81 bits per heavy atom. The van der Waals surface area contributed by atoms with Crippen LogP contribution in [-0.2, 0) is 11.2 Å². The van der Waals surface area contributed by atoms with E-state index in [-0.39, 0.29) is 23.0 Å². The molecule has 5 heteroatoms. The molecule has 1 aliphatic rings. The number of unbranched alkanes of at least 4 members (excludes halogenated alkanes) is 1. The van der Waals surface area contributed by atoms with Crippen LogP contribution in [0.5, 0.6) is 0 Å². The Bertz CT molecular complexity index is 851. The monoisotopic (exact) mass is 425 g/mol.